The first-order valence-corrected chi connectivity index (χ1v) is 6.96. The Bertz CT molecular complexity index is 652. The van der Waals surface area contributed by atoms with Crippen LogP contribution in [0.5, 0.6) is 0 Å². The number of anilines is 1. The van der Waals surface area contributed by atoms with Gasteiger partial charge in [0.2, 0.25) is 0 Å². The monoisotopic (exact) mass is 283 g/mol. The van der Waals surface area contributed by atoms with Crippen molar-refractivity contribution < 1.29 is 9.53 Å². The van der Waals surface area contributed by atoms with Gasteiger partial charge in [0.15, 0.2) is 0 Å². The average Bonchev–Trinajstić information content (AvgIpc) is 2.40. The molecule has 2 rings (SSSR count). The van der Waals surface area contributed by atoms with Crippen LogP contribution in [0.1, 0.15) is 36.7 Å². The third-order valence-corrected chi connectivity index (χ3v) is 3.12. The zero-order valence-electron chi connectivity index (χ0n) is 12.9. The number of aryl methyl sites for hydroxylation is 1. The molecule has 3 nitrogen and oxygen atoms in total. The number of carbonyl (C=O) groups excluding carboxylic acids is 1. The smallest absolute Gasteiger partial charge is 0.338 e. The molecule has 110 valence electrons. The molecule has 0 bridgehead atoms. The Morgan fingerprint density at radius 1 is 1.00 bits per heavy atom. The Kier molecular flexibility index (Phi) is 4.03. The van der Waals surface area contributed by atoms with Crippen LogP contribution >= 0.6 is 0 Å². The lowest BCUT2D eigenvalue weighted by Gasteiger charge is -2.19. The van der Waals surface area contributed by atoms with Gasteiger partial charge >= 0.3 is 5.97 Å². The molecular formula is C18H21NO2. The molecule has 0 aromatic heterocycles. The highest BCUT2D eigenvalue weighted by atomic mass is 16.6. The minimum Gasteiger partial charge on any atom is -0.456 e. The van der Waals surface area contributed by atoms with E-state index < -0.39 is 5.60 Å². The standard InChI is InChI=1S/C18H21NO2/c1-12-11-15(9-10-16(12)19)13-5-7-14(8-6-13)17(20)21-18(2,3)4/h5-11H,19H2,1-4H3. The predicted molar refractivity (Wildman–Crippen MR) is 86.2 cm³/mol. The van der Waals surface area contributed by atoms with E-state index in [1.807, 2.05) is 58.0 Å². The summed E-state index contributed by atoms with van der Waals surface area (Å²) in [6, 6.07) is 13.3. The average molecular weight is 283 g/mol. The highest BCUT2D eigenvalue weighted by Gasteiger charge is 2.17. The maximum atomic E-state index is 12.0. The molecule has 0 aliphatic carbocycles. The number of benzene rings is 2. The van der Waals surface area contributed by atoms with E-state index in [-0.39, 0.29) is 5.97 Å². The third kappa shape index (κ3) is 3.85. The molecule has 21 heavy (non-hydrogen) atoms. The molecule has 0 radical (unpaired) electrons. The fourth-order valence-corrected chi connectivity index (χ4v) is 1.99. The van der Waals surface area contributed by atoms with Crippen LogP contribution in [0.2, 0.25) is 0 Å². The Morgan fingerprint density at radius 2 is 1.57 bits per heavy atom. The van der Waals surface area contributed by atoms with Gasteiger partial charge in [0.1, 0.15) is 5.60 Å². The molecule has 0 amide bonds. The van der Waals surface area contributed by atoms with Crippen molar-refractivity contribution in [2.24, 2.45) is 0 Å². The third-order valence-electron chi connectivity index (χ3n) is 3.12. The van der Waals surface area contributed by atoms with Crippen LogP contribution in [-0.2, 0) is 4.74 Å². The molecule has 3 heteroatoms. The summed E-state index contributed by atoms with van der Waals surface area (Å²) < 4.78 is 5.35. The van der Waals surface area contributed by atoms with Crippen molar-refractivity contribution in [1.29, 1.82) is 0 Å². The number of hydrogen-bond donors (Lipinski definition) is 1. The first-order valence-electron chi connectivity index (χ1n) is 6.96. The lowest BCUT2D eigenvalue weighted by Crippen LogP contribution is -2.23. The second-order valence-corrected chi connectivity index (χ2v) is 6.15. The van der Waals surface area contributed by atoms with Crippen molar-refractivity contribution in [1.82, 2.24) is 0 Å². The van der Waals surface area contributed by atoms with Crippen LogP contribution in [0.15, 0.2) is 42.5 Å². The minimum atomic E-state index is -0.482. The van der Waals surface area contributed by atoms with Gasteiger partial charge in [-0.05, 0) is 68.7 Å². The maximum absolute atomic E-state index is 12.0. The Morgan fingerprint density at radius 3 is 2.10 bits per heavy atom. The number of nitrogen functional groups attached to an aromatic ring is 1. The van der Waals surface area contributed by atoms with E-state index in [9.17, 15) is 4.79 Å². The van der Waals surface area contributed by atoms with E-state index in [0.29, 0.717) is 5.56 Å². The van der Waals surface area contributed by atoms with Crippen LogP contribution in [-0.4, -0.2) is 11.6 Å². The Hall–Kier alpha value is -2.29. The normalized spacial score (nSPS) is 11.2. The SMILES string of the molecule is Cc1cc(-c2ccc(C(=O)OC(C)(C)C)cc2)ccc1N. The van der Waals surface area contributed by atoms with Crippen molar-refractivity contribution in [2.75, 3.05) is 5.73 Å². The summed E-state index contributed by atoms with van der Waals surface area (Å²) in [6.45, 7) is 7.55. The van der Waals surface area contributed by atoms with Gasteiger partial charge in [0, 0.05) is 5.69 Å². The summed E-state index contributed by atoms with van der Waals surface area (Å²) in [7, 11) is 0. The zero-order chi connectivity index (χ0) is 15.6. The minimum absolute atomic E-state index is 0.303. The van der Waals surface area contributed by atoms with Gasteiger partial charge in [0.25, 0.3) is 0 Å². The number of rotatable bonds is 2. The molecule has 0 aliphatic rings. The number of esters is 1. The lowest BCUT2D eigenvalue weighted by molar-refractivity contribution is 0.00696. The van der Waals surface area contributed by atoms with Crippen LogP contribution in [0.4, 0.5) is 5.69 Å². The molecule has 2 aromatic rings. The molecule has 2 aromatic carbocycles. The van der Waals surface area contributed by atoms with Gasteiger partial charge in [0.05, 0.1) is 5.56 Å². The van der Waals surface area contributed by atoms with Crippen molar-refractivity contribution in [3.63, 3.8) is 0 Å². The first kappa shape index (κ1) is 15.1. The van der Waals surface area contributed by atoms with E-state index >= 15 is 0 Å². The molecule has 0 unspecified atom stereocenters. The summed E-state index contributed by atoms with van der Waals surface area (Å²) in [6.07, 6.45) is 0. The van der Waals surface area contributed by atoms with Crippen molar-refractivity contribution in [3.05, 3.63) is 53.6 Å². The summed E-state index contributed by atoms with van der Waals surface area (Å²) in [5.41, 5.74) is 9.86. The molecule has 0 fully saturated rings. The van der Waals surface area contributed by atoms with Crippen molar-refractivity contribution in [2.45, 2.75) is 33.3 Å². The second kappa shape index (κ2) is 5.60. The maximum Gasteiger partial charge on any atom is 0.338 e. The van der Waals surface area contributed by atoms with E-state index in [4.69, 9.17) is 10.5 Å². The van der Waals surface area contributed by atoms with Crippen molar-refractivity contribution in [3.8, 4) is 11.1 Å². The Labute approximate surface area is 125 Å². The van der Waals surface area contributed by atoms with Crippen LogP contribution in [0.25, 0.3) is 11.1 Å². The lowest BCUT2D eigenvalue weighted by atomic mass is 10.0. The van der Waals surface area contributed by atoms with Gasteiger partial charge in [-0.2, -0.15) is 0 Å². The van der Waals surface area contributed by atoms with Gasteiger partial charge in [-0.1, -0.05) is 18.2 Å². The topological polar surface area (TPSA) is 52.3 Å². The number of nitrogens with two attached hydrogens (primary N) is 1. The van der Waals surface area contributed by atoms with E-state index in [2.05, 4.69) is 0 Å². The molecule has 0 aliphatic heterocycles. The molecule has 0 heterocycles. The number of ether oxygens (including phenoxy) is 1. The highest BCUT2D eigenvalue weighted by molar-refractivity contribution is 5.90. The first-order chi connectivity index (χ1) is 9.76. The van der Waals surface area contributed by atoms with Gasteiger partial charge < -0.3 is 10.5 Å². The van der Waals surface area contributed by atoms with Crippen LogP contribution in [0, 0.1) is 6.92 Å². The second-order valence-electron chi connectivity index (χ2n) is 6.15. The number of hydrogen-bond acceptors (Lipinski definition) is 3. The molecule has 2 N–H and O–H groups in total. The van der Waals surface area contributed by atoms with Crippen LogP contribution in [0.3, 0.4) is 0 Å². The molecular weight excluding hydrogens is 262 g/mol. The van der Waals surface area contributed by atoms with E-state index in [0.717, 1.165) is 22.4 Å². The molecule has 0 atom stereocenters. The zero-order valence-corrected chi connectivity index (χ0v) is 12.9. The van der Waals surface area contributed by atoms with E-state index in [1.54, 1.807) is 12.1 Å². The predicted octanol–water partition coefficient (Wildman–Crippen LogP) is 4.20. The van der Waals surface area contributed by atoms with Gasteiger partial charge in [-0.25, -0.2) is 4.79 Å². The molecule has 0 saturated heterocycles. The molecule has 0 spiro atoms. The van der Waals surface area contributed by atoms with Gasteiger partial charge in [-0.15, -0.1) is 0 Å². The fourth-order valence-electron chi connectivity index (χ4n) is 1.99. The molecule has 0 saturated carbocycles. The largest absolute Gasteiger partial charge is 0.456 e. The highest BCUT2D eigenvalue weighted by Crippen LogP contribution is 2.24. The number of carbonyl (C=O) groups is 1. The summed E-state index contributed by atoms with van der Waals surface area (Å²) in [5.74, 6) is -0.303. The summed E-state index contributed by atoms with van der Waals surface area (Å²) in [5, 5.41) is 0. The van der Waals surface area contributed by atoms with Crippen molar-refractivity contribution >= 4 is 11.7 Å². The summed E-state index contributed by atoms with van der Waals surface area (Å²) in [4.78, 5) is 12.0. The van der Waals surface area contributed by atoms with Crippen LogP contribution < -0.4 is 5.73 Å². The quantitative estimate of drug-likeness (QED) is 0.664. The Balaban J connectivity index is 2.22. The fraction of sp³-hybridized carbons (Fsp3) is 0.278. The summed E-state index contributed by atoms with van der Waals surface area (Å²) >= 11 is 0. The van der Waals surface area contributed by atoms with Gasteiger partial charge in [-0.3, -0.25) is 0 Å². The van der Waals surface area contributed by atoms with E-state index in [1.165, 1.54) is 0 Å².